The van der Waals surface area contributed by atoms with E-state index in [9.17, 15) is 19.2 Å². The van der Waals surface area contributed by atoms with Gasteiger partial charge in [-0.25, -0.2) is 0 Å². The van der Waals surface area contributed by atoms with Crippen LogP contribution in [0.4, 0.5) is 0 Å². The summed E-state index contributed by atoms with van der Waals surface area (Å²) in [6, 6.07) is 0. The molecule has 0 atom stereocenters. The second-order valence-corrected chi connectivity index (χ2v) is 5.81. The van der Waals surface area contributed by atoms with Crippen molar-refractivity contribution in [3.8, 4) is 0 Å². The Labute approximate surface area is 107 Å². The average molecular weight is 290 g/mol. The van der Waals surface area contributed by atoms with Crippen molar-refractivity contribution in [2.75, 3.05) is 0 Å². The van der Waals surface area contributed by atoms with Gasteiger partial charge in [0.05, 0.1) is 0 Å². The van der Waals surface area contributed by atoms with Crippen LogP contribution in [0.3, 0.4) is 0 Å². The van der Waals surface area contributed by atoms with E-state index in [2.05, 4.69) is 29.7 Å². The molecule has 7 nitrogen and oxygen atoms in total. The summed E-state index contributed by atoms with van der Waals surface area (Å²) in [6.45, 7) is 9.29. The second kappa shape index (κ2) is 7.36. The third-order valence-corrected chi connectivity index (χ3v) is 4.10. The Morgan fingerprint density at radius 3 is 1.22 bits per heavy atom. The first-order chi connectivity index (χ1) is 8.42. The topological polar surface area (TPSA) is 96.0 Å². The molecule has 0 amide bonds. The van der Waals surface area contributed by atoms with Crippen LogP contribution in [0.5, 0.6) is 0 Å². The third-order valence-electron chi connectivity index (χ3n) is 1.37. The van der Waals surface area contributed by atoms with Crippen molar-refractivity contribution in [1.29, 1.82) is 0 Å². The van der Waals surface area contributed by atoms with Crippen LogP contribution >= 0.6 is 0 Å². The van der Waals surface area contributed by atoms with Gasteiger partial charge in [-0.15, -0.1) is 0 Å². The molecule has 0 fully saturated rings. The predicted octanol–water partition coefficient (Wildman–Crippen LogP) is 0.263. The van der Waals surface area contributed by atoms with Gasteiger partial charge < -0.3 is 0 Å². The van der Waals surface area contributed by atoms with Crippen LogP contribution in [0.25, 0.3) is 0 Å². The summed E-state index contributed by atoms with van der Waals surface area (Å²) in [5, 5.41) is 0. The fourth-order valence-corrected chi connectivity index (χ4v) is 2.80. The predicted molar refractivity (Wildman–Crippen MR) is 55.6 cm³/mol. The summed E-state index contributed by atoms with van der Waals surface area (Å²) in [6.07, 6.45) is 2.19. The Morgan fingerprint density at radius 2 is 1.06 bits per heavy atom. The van der Waals surface area contributed by atoms with Gasteiger partial charge in [0.25, 0.3) is 0 Å². The maximum atomic E-state index is 11.0. The molecule has 0 N–H and O–H groups in total. The Morgan fingerprint density at radius 1 is 0.778 bits per heavy atom. The van der Waals surface area contributed by atoms with E-state index in [0.717, 1.165) is 18.2 Å². The van der Waals surface area contributed by atoms with E-state index in [1.165, 1.54) is 0 Å². The monoisotopic (exact) mass is 290 g/mol. The molecule has 0 aliphatic rings. The molecule has 0 rings (SSSR count). The van der Waals surface area contributed by atoms with E-state index < -0.39 is 35.7 Å². The number of carbonyl (C=O) groups is 4. The van der Waals surface area contributed by atoms with Gasteiger partial charge in [0.2, 0.25) is 0 Å². The fourth-order valence-electron chi connectivity index (χ4n) is 0.680. The van der Waals surface area contributed by atoms with E-state index >= 15 is 0 Å². The van der Waals surface area contributed by atoms with Crippen molar-refractivity contribution in [3.63, 3.8) is 0 Å². The maximum absolute atomic E-state index is 11.0. The van der Waals surface area contributed by atoms with Crippen molar-refractivity contribution >= 4 is 22.5 Å². The molecule has 0 bridgehead atoms. The molecule has 96 valence electrons. The summed E-state index contributed by atoms with van der Waals surface area (Å²) in [7, 11) is 0. The summed E-state index contributed by atoms with van der Waals surface area (Å²) in [5.74, 6) is -3.18. The molecule has 0 aliphatic heterocycles. The molecule has 8 heteroatoms. The number of hydrogen-bond acceptors (Lipinski definition) is 7. The number of rotatable bonds is 7. The van der Waals surface area contributed by atoms with E-state index in [-0.39, 0.29) is 4.59 Å². The molecular formula is C10H10O7Ti. The molecule has 0 spiro atoms. The average Bonchev–Trinajstić information content (AvgIpc) is 2.37. The Kier molecular flexibility index (Phi) is 6.55. The summed E-state index contributed by atoms with van der Waals surface area (Å²) < 4.78 is 13.7. The zero-order valence-electron chi connectivity index (χ0n) is 9.29. The molecule has 0 radical (unpaired) electrons. The van der Waals surface area contributed by atoms with Crippen LogP contribution in [0.1, 0.15) is 0 Å². The van der Waals surface area contributed by atoms with Crippen LogP contribution in [0, 0.1) is 0 Å². The minimum absolute atomic E-state index is 0.00417. The minimum atomic E-state index is -5.04. The molecule has 0 aromatic rings. The van der Waals surface area contributed by atoms with Crippen molar-refractivity contribution < 1.29 is 46.9 Å². The van der Waals surface area contributed by atoms with Crippen LogP contribution in [0.2, 0.25) is 0 Å². The van der Waals surface area contributed by atoms with Gasteiger partial charge >= 0.3 is 107 Å². The van der Waals surface area contributed by atoms with E-state index in [0.29, 0.717) is 0 Å². The Hall–Kier alpha value is -1.99. The standard InChI is InChI=1S/3C3H4O2.CHO.Ti/c3*1-2-3(4)5;1-2;/h3*2H,1H2,(H,4,5);1H;/q;;;;+3/p-3. The molecule has 0 aromatic heterocycles. The van der Waals surface area contributed by atoms with Gasteiger partial charge in [0, 0.05) is 0 Å². The number of hydrogen-bond donors (Lipinski definition) is 0. The van der Waals surface area contributed by atoms with Gasteiger partial charge in [0.15, 0.2) is 0 Å². The molecule has 0 aliphatic carbocycles. The van der Waals surface area contributed by atoms with Gasteiger partial charge in [-0.05, 0) is 0 Å². The normalized spacial score (nSPS) is 9.56. The molecule has 0 saturated heterocycles. The first kappa shape index (κ1) is 16.0. The Bertz CT molecular complexity index is 357. The van der Waals surface area contributed by atoms with Crippen LogP contribution in [0.15, 0.2) is 38.0 Å². The van der Waals surface area contributed by atoms with Crippen LogP contribution < -0.4 is 0 Å². The first-order valence-corrected chi connectivity index (χ1v) is 7.27. The second-order valence-electron chi connectivity index (χ2n) is 2.60. The molecule has 0 unspecified atom stereocenters. The van der Waals surface area contributed by atoms with Gasteiger partial charge in [-0.2, -0.15) is 0 Å². The van der Waals surface area contributed by atoms with Crippen LogP contribution in [-0.4, -0.2) is 22.5 Å². The SMILES string of the molecule is C=CC(=O)[O][Ti]([CH]=O)([O]C(=O)C=C)[O]C(=O)C=C. The van der Waals surface area contributed by atoms with Crippen molar-refractivity contribution in [2.24, 2.45) is 0 Å². The zero-order valence-corrected chi connectivity index (χ0v) is 10.9. The van der Waals surface area contributed by atoms with Gasteiger partial charge in [-0.3, -0.25) is 0 Å². The van der Waals surface area contributed by atoms with E-state index in [4.69, 9.17) is 0 Å². The number of carbonyl (C=O) groups excluding carboxylic acids is 4. The summed E-state index contributed by atoms with van der Waals surface area (Å²) >= 11 is -5.04. The molecule has 0 saturated carbocycles. The third kappa shape index (κ3) is 4.90. The quantitative estimate of drug-likeness (QED) is 0.377. The first-order valence-electron chi connectivity index (χ1n) is 4.45. The van der Waals surface area contributed by atoms with E-state index in [1.807, 2.05) is 0 Å². The summed E-state index contributed by atoms with van der Waals surface area (Å²) in [4.78, 5) is 44.0. The molecule has 0 heterocycles. The van der Waals surface area contributed by atoms with Gasteiger partial charge in [0.1, 0.15) is 0 Å². The zero-order chi connectivity index (χ0) is 14.2. The molecule has 0 aromatic carbocycles. The summed E-state index contributed by atoms with van der Waals surface area (Å²) in [5.41, 5.74) is 0. The molecule has 18 heavy (non-hydrogen) atoms. The van der Waals surface area contributed by atoms with Crippen molar-refractivity contribution in [2.45, 2.75) is 0 Å². The fraction of sp³-hybridized carbons (Fsp3) is 0. The van der Waals surface area contributed by atoms with Crippen molar-refractivity contribution in [1.82, 2.24) is 0 Å². The molecular weight excluding hydrogens is 280 g/mol. The van der Waals surface area contributed by atoms with Crippen molar-refractivity contribution in [3.05, 3.63) is 38.0 Å². The van der Waals surface area contributed by atoms with E-state index in [1.54, 1.807) is 0 Å². The van der Waals surface area contributed by atoms with Gasteiger partial charge in [-0.1, -0.05) is 0 Å². The Balaban J connectivity index is 5.22. The van der Waals surface area contributed by atoms with Crippen LogP contribution in [-0.2, 0) is 46.9 Å².